The summed E-state index contributed by atoms with van der Waals surface area (Å²) >= 11 is 0. The minimum Gasteiger partial charge on any atom is -0.381 e. The van der Waals surface area contributed by atoms with Crippen LogP contribution in [0.4, 0.5) is 0 Å². The van der Waals surface area contributed by atoms with Gasteiger partial charge in [-0.3, -0.25) is 0 Å². The van der Waals surface area contributed by atoms with Gasteiger partial charge in [0, 0.05) is 24.8 Å². The van der Waals surface area contributed by atoms with E-state index in [-0.39, 0.29) is 0 Å². The van der Waals surface area contributed by atoms with E-state index in [1.807, 2.05) is 6.21 Å². The number of rotatable bonds is 3. The average Bonchev–Trinajstić information content (AvgIpc) is 2.66. The van der Waals surface area contributed by atoms with Crippen molar-refractivity contribution in [1.82, 2.24) is 5.43 Å². The molecule has 1 saturated carbocycles. The van der Waals surface area contributed by atoms with Gasteiger partial charge in [0.1, 0.15) is 0 Å². The van der Waals surface area contributed by atoms with E-state index in [0.29, 0.717) is 12.0 Å². The van der Waals surface area contributed by atoms with Gasteiger partial charge in [0.05, 0.1) is 6.61 Å². The zero-order chi connectivity index (χ0) is 7.52. The Bertz CT molecular complexity index is 148. The second kappa shape index (κ2) is 3.22. The number of hydrogen-bond donors (Lipinski definition) is 1. The van der Waals surface area contributed by atoms with Gasteiger partial charge in [-0.15, -0.1) is 0 Å². The summed E-state index contributed by atoms with van der Waals surface area (Å²) in [4.78, 5) is 0. The number of ether oxygens (including phenoxy) is 1. The van der Waals surface area contributed by atoms with Crippen molar-refractivity contribution < 1.29 is 4.74 Å². The number of hydrogen-bond acceptors (Lipinski definition) is 3. The molecule has 2 fully saturated rings. The Hall–Kier alpha value is -0.570. The average molecular weight is 154 g/mol. The molecule has 2 aliphatic rings. The molecule has 1 heterocycles. The monoisotopic (exact) mass is 154 g/mol. The Kier molecular flexibility index (Phi) is 2.08. The molecule has 1 aliphatic heterocycles. The summed E-state index contributed by atoms with van der Waals surface area (Å²) in [5.41, 5.74) is 3.10. The van der Waals surface area contributed by atoms with Gasteiger partial charge in [-0.25, -0.2) is 0 Å². The normalized spacial score (nSPS) is 31.5. The van der Waals surface area contributed by atoms with Gasteiger partial charge in [0.2, 0.25) is 0 Å². The van der Waals surface area contributed by atoms with Crippen molar-refractivity contribution in [2.24, 2.45) is 11.0 Å². The summed E-state index contributed by atoms with van der Waals surface area (Å²) in [5.74, 6) is 0.557. The molecule has 3 nitrogen and oxygen atoms in total. The topological polar surface area (TPSA) is 33.6 Å². The van der Waals surface area contributed by atoms with Crippen molar-refractivity contribution in [3.63, 3.8) is 0 Å². The Morgan fingerprint density at radius 1 is 1.36 bits per heavy atom. The van der Waals surface area contributed by atoms with E-state index in [9.17, 15) is 0 Å². The summed E-state index contributed by atoms with van der Waals surface area (Å²) in [6.45, 7) is 1.76. The molecule has 1 N–H and O–H groups in total. The summed E-state index contributed by atoms with van der Waals surface area (Å²) in [5, 5.41) is 4.16. The van der Waals surface area contributed by atoms with Crippen molar-refractivity contribution in [2.75, 3.05) is 13.2 Å². The van der Waals surface area contributed by atoms with E-state index >= 15 is 0 Å². The van der Waals surface area contributed by atoms with Crippen LogP contribution < -0.4 is 5.43 Å². The fourth-order valence-electron chi connectivity index (χ4n) is 1.14. The molecule has 1 aliphatic carbocycles. The second-order valence-electron chi connectivity index (χ2n) is 3.31. The lowest BCUT2D eigenvalue weighted by Crippen LogP contribution is -2.10. The molecule has 3 heteroatoms. The highest BCUT2D eigenvalue weighted by atomic mass is 16.5. The van der Waals surface area contributed by atoms with Crippen molar-refractivity contribution >= 4 is 6.21 Å². The minimum atomic E-state index is 0.557. The first-order chi connectivity index (χ1) is 5.45. The maximum atomic E-state index is 5.21. The molecule has 0 radical (unpaired) electrons. The second-order valence-corrected chi connectivity index (χ2v) is 3.31. The molecular formula is C8H14N2O. The van der Waals surface area contributed by atoms with E-state index in [2.05, 4.69) is 10.5 Å². The molecule has 0 amide bonds. The highest BCUT2D eigenvalue weighted by molar-refractivity contribution is 5.60. The smallest absolute Gasteiger partial charge is 0.0545 e. The van der Waals surface area contributed by atoms with Crippen molar-refractivity contribution in [2.45, 2.75) is 25.3 Å². The van der Waals surface area contributed by atoms with Gasteiger partial charge in [0.25, 0.3) is 0 Å². The fourth-order valence-corrected chi connectivity index (χ4v) is 1.14. The van der Waals surface area contributed by atoms with Gasteiger partial charge in [-0.05, 0) is 19.3 Å². The Morgan fingerprint density at radius 3 is 2.91 bits per heavy atom. The van der Waals surface area contributed by atoms with Crippen molar-refractivity contribution in [3.05, 3.63) is 0 Å². The highest BCUT2D eigenvalue weighted by Gasteiger charge is 2.20. The number of nitrogens with one attached hydrogen (secondary N) is 1. The lowest BCUT2D eigenvalue weighted by molar-refractivity contribution is 0.193. The zero-order valence-electron chi connectivity index (χ0n) is 6.62. The van der Waals surface area contributed by atoms with Crippen LogP contribution in [-0.2, 0) is 4.74 Å². The van der Waals surface area contributed by atoms with Crippen molar-refractivity contribution in [1.29, 1.82) is 0 Å². The predicted molar refractivity (Wildman–Crippen MR) is 43.6 cm³/mol. The highest BCUT2D eigenvalue weighted by Crippen LogP contribution is 2.18. The van der Waals surface area contributed by atoms with Crippen molar-refractivity contribution in [3.8, 4) is 0 Å². The molecule has 11 heavy (non-hydrogen) atoms. The molecule has 62 valence electrons. The maximum absolute atomic E-state index is 5.21. The molecule has 0 aromatic rings. The molecule has 2 rings (SSSR count). The first-order valence-electron chi connectivity index (χ1n) is 4.31. The Labute approximate surface area is 66.8 Å². The van der Waals surface area contributed by atoms with Gasteiger partial charge in [-0.2, -0.15) is 5.10 Å². The number of nitrogens with zero attached hydrogens (tertiary/aromatic N) is 1. The molecule has 0 aromatic carbocycles. The van der Waals surface area contributed by atoms with Crippen LogP contribution in [0.15, 0.2) is 5.10 Å². The molecule has 1 saturated heterocycles. The lowest BCUT2D eigenvalue weighted by atomic mass is 10.1. The lowest BCUT2D eigenvalue weighted by Gasteiger charge is -1.98. The molecular weight excluding hydrogens is 140 g/mol. The van der Waals surface area contributed by atoms with Crippen LogP contribution in [0.3, 0.4) is 0 Å². The van der Waals surface area contributed by atoms with E-state index in [0.717, 1.165) is 19.6 Å². The third kappa shape index (κ3) is 2.19. The SMILES string of the molecule is C(=N\NC1CC1)/C1CCOC1. The van der Waals surface area contributed by atoms with Crippen LogP contribution in [0, 0.1) is 5.92 Å². The van der Waals surface area contributed by atoms with E-state index in [1.54, 1.807) is 0 Å². The minimum absolute atomic E-state index is 0.557. The van der Waals surface area contributed by atoms with Gasteiger partial charge >= 0.3 is 0 Å². The first kappa shape index (κ1) is 7.10. The van der Waals surface area contributed by atoms with Crippen LogP contribution in [0.1, 0.15) is 19.3 Å². The van der Waals surface area contributed by atoms with Crippen LogP contribution in [-0.4, -0.2) is 25.5 Å². The standard InChI is InChI=1S/C8H14N2O/c1-2-8(1)10-9-5-7-3-4-11-6-7/h5,7-8,10H,1-4,6H2/b9-5+. The van der Waals surface area contributed by atoms with E-state index in [4.69, 9.17) is 4.74 Å². The van der Waals surface area contributed by atoms with E-state index < -0.39 is 0 Å². The Morgan fingerprint density at radius 2 is 2.27 bits per heavy atom. The van der Waals surface area contributed by atoms with Gasteiger partial charge < -0.3 is 10.2 Å². The maximum Gasteiger partial charge on any atom is 0.0545 e. The zero-order valence-corrected chi connectivity index (χ0v) is 6.62. The van der Waals surface area contributed by atoms with Crippen LogP contribution in [0.25, 0.3) is 0 Å². The largest absolute Gasteiger partial charge is 0.381 e. The quantitative estimate of drug-likeness (QED) is 0.481. The molecule has 1 atom stereocenters. The van der Waals surface area contributed by atoms with Crippen LogP contribution in [0.2, 0.25) is 0 Å². The van der Waals surface area contributed by atoms with Gasteiger partial charge in [-0.1, -0.05) is 0 Å². The fraction of sp³-hybridized carbons (Fsp3) is 0.875. The summed E-state index contributed by atoms with van der Waals surface area (Å²) in [6.07, 6.45) is 5.71. The third-order valence-electron chi connectivity index (χ3n) is 2.08. The molecule has 0 aromatic heterocycles. The summed E-state index contributed by atoms with van der Waals surface area (Å²) in [7, 11) is 0. The first-order valence-corrected chi connectivity index (χ1v) is 4.31. The van der Waals surface area contributed by atoms with Gasteiger partial charge in [0.15, 0.2) is 0 Å². The summed E-state index contributed by atoms with van der Waals surface area (Å²) in [6, 6.07) is 0.675. The summed E-state index contributed by atoms with van der Waals surface area (Å²) < 4.78 is 5.21. The molecule has 1 unspecified atom stereocenters. The number of hydrazone groups is 1. The van der Waals surface area contributed by atoms with Crippen LogP contribution in [0.5, 0.6) is 0 Å². The molecule has 0 bridgehead atoms. The predicted octanol–water partition coefficient (Wildman–Crippen LogP) is 0.761. The Balaban J connectivity index is 1.65. The van der Waals surface area contributed by atoms with Crippen LogP contribution >= 0.6 is 0 Å². The third-order valence-corrected chi connectivity index (χ3v) is 2.08. The van der Waals surface area contributed by atoms with E-state index in [1.165, 1.54) is 12.8 Å². The molecule has 0 spiro atoms.